The molecule has 2 aromatic carbocycles. The van der Waals surface area contributed by atoms with Gasteiger partial charge in [0.25, 0.3) is 5.91 Å². The van der Waals surface area contributed by atoms with Crippen molar-refractivity contribution in [2.45, 2.75) is 13.8 Å². The average Bonchev–Trinajstić information content (AvgIpc) is 3.25. The Bertz CT molecular complexity index is 1210. The van der Waals surface area contributed by atoms with Gasteiger partial charge in [-0.25, -0.2) is 4.79 Å². The lowest BCUT2D eigenvalue weighted by molar-refractivity contribution is -0.119. The smallest absolute Gasteiger partial charge is 0.340 e. The molecule has 0 radical (unpaired) electrons. The van der Waals surface area contributed by atoms with Gasteiger partial charge in [-0.1, -0.05) is 30.3 Å². The summed E-state index contributed by atoms with van der Waals surface area (Å²) >= 11 is 0. The highest BCUT2D eigenvalue weighted by atomic mass is 16.7. The number of hydrogen-bond donors (Lipinski definition) is 1. The quantitative estimate of drug-likeness (QED) is 0.467. The molecule has 8 heteroatoms. The number of carbonyl (C=O) groups is 3. The van der Waals surface area contributed by atoms with E-state index < -0.39 is 18.5 Å². The molecule has 1 aliphatic heterocycles. The van der Waals surface area contributed by atoms with E-state index in [4.69, 9.17) is 14.2 Å². The van der Waals surface area contributed by atoms with Crippen molar-refractivity contribution < 1.29 is 28.6 Å². The molecule has 0 fully saturated rings. The van der Waals surface area contributed by atoms with Gasteiger partial charge in [0.1, 0.15) is 0 Å². The third-order valence-electron chi connectivity index (χ3n) is 4.88. The maximum Gasteiger partial charge on any atom is 0.340 e. The molecule has 2 heterocycles. The van der Waals surface area contributed by atoms with Gasteiger partial charge in [-0.2, -0.15) is 0 Å². The Morgan fingerprint density at radius 1 is 1.00 bits per heavy atom. The molecule has 1 amide bonds. The highest BCUT2D eigenvalue weighted by Crippen LogP contribution is 2.37. The maximum absolute atomic E-state index is 12.5. The fraction of sp³-hybridized carbons (Fsp3) is 0.167. The Labute approximate surface area is 184 Å². The van der Waals surface area contributed by atoms with Gasteiger partial charge < -0.3 is 19.5 Å². The summed E-state index contributed by atoms with van der Waals surface area (Å²) in [6.45, 7) is 2.60. The van der Waals surface area contributed by atoms with Gasteiger partial charge in [0.2, 0.25) is 6.79 Å². The zero-order valence-electron chi connectivity index (χ0n) is 17.5. The van der Waals surface area contributed by atoms with E-state index in [1.807, 2.05) is 30.3 Å². The molecule has 8 nitrogen and oxygen atoms in total. The lowest BCUT2D eigenvalue weighted by Crippen LogP contribution is -2.22. The average molecular weight is 432 g/mol. The van der Waals surface area contributed by atoms with Gasteiger partial charge in [0, 0.05) is 17.2 Å². The van der Waals surface area contributed by atoms with E-state index in [1.54, 1.807) is 19.1 Å². The van der Waals surface area contributed by atoms with Crippen LogP contribution >= 0.6 is 0 Å². The van der Waals surface area contributed by atoms with Crippen LogP contribution < -0.4 is 14.8 Å². The van der Waals surface area contributed by atoms with Crippen molar-refractivity contribution in [1.82, 2.24) is 4.98 Å². The molecule has 0 saturated carbocycles. The summed E-state index contributed by atoms with van der Waals surface area (Å²) in [6, 6.07) is 15.9. The minimum atomic E-state index is -0.665. The van der Waals surface area contributed by atoms with E-state index in [9.17, 15) is 14.4 Å². The Hall–Kier alpha value is -4.20. The molecule has 0 unspecified atom stereocenters. The van der Waals surface area contributed by atoms with E-state index in [0.29, 0.717) is 17.2 Å². The van der Waals surface area contributed by atoms with E-state index in [0.717, 1.165) is 11.3 Å². The number of aromatic nitrogens is 1. The first-order chi connectivity index (χ1) is 15.4. The van der Waals surface area contributed by atoms with Crippen LogP contribution in [0.5, 0.6) is 11.5 Å². The second-order valence-electron chi connectivity index (χ2n) is 7.13. The van der Waals surface area contributed by atoms with Crippen LogP contribution in [0.1, 0.15) is 33.3 Å². The molecule has 1 aromatic heterocycles. The molecule has 0 bridgehead atoms. The number of benzene rings is 2. The van der Waals surface area contributed by atoms with Crippen LogP contribution in [0.2, 0.25) is 0 Å². The first-order valence-corrected chi connectivity index (χ1v) is 9.87. The predicted octanol–water partition coefficient (Wildman–Crippen LogP) is 3.78. The van der Waals surface area contributed by atoms with Gasteiger partial charge in [0.05, 0.1) is 22.6 Å². The fourth-order valence-electron chi connectivity index (χ4n) is 3.28. The van der Waals surface area contributed by atoms with E-state index in [1.165, 1.54) is 19.1 Å². The van der Waals surface area contributed by atoms with E-state index in [-0.39, 0.29) is 29.4 Å². The molecule has 4 rings (SSSR count). The monoisotopic (exact) mass is 432 g/mol. The van der Waals surface area contributed by atoms with Crippen LogP contribution in [-0.4, -0.2) is 36.0 Å². The Kier molecular flexibility index (Phi) is 5.85. The van der Waals surface area contributed by atoms with Crippen molar-refractivity contribution in [3.8, 4) is 22.8 Å². The lowest BCUT2D eigenvalue weighted by atomic mass is 10.1. The Morgan fingerprint density at radius 3 is 2.41 bits per heavy atom. The second-order valence-corrected chi connectivity index (χ2v) is 7.13. The topological polar surface area (TPSA) is 104 Å². The molecule has 1 N–H and O–H groups in total. The first-order valence-electron chi connectivity index (χ1n) is 9.87. The van der Waals surface area contributed by atoms with Crippen LogP contribution in [0.4, 0.5) is 5.69 Å². The summed E-state index contributed by atoms with van der Waals surface area (Å²) in [6.07, 6.45) is 0. The van der Waals surface area contributed by atoms with Crippen molar-refractivity contribution in [1.29, 1.82) is 0 Å². The standard InChI is InChI=1S/C24H20N2O6/c1-14-17(8-9-19(25-14)16-6-4-3-5-7-16)24(29)30-12-23(28)26-20-11-22-21(31-13-32-22)10-18(20)15(2)27/h3-11H,12-13H2,1-2H3,(H,26,28). The van der Waals surface area contributed by atoms with Crippen LogP contribution in [0, 0.1) is 6.92 Å². The number of nitrogens with zero attached hydrogens (tertiary/aromatic N) is 1. The van der Waals surface area contributed by atoms with Crippen molar-refractivity contribution in [3.05, 3.63) is 71.4 Å². The summed E-state index contributed by atoms with van der Waals surface area (Å²) in [7, 11) is 0. The van der Waals surface area contributed by atoms with Gasteiger partial charge in [-0.05, 0) is 32.0 Å². The summed E-state index contributed by atoms with van der Waals surface area (Å²) < 4.78 is 15.7. The van der Waals surface area contributed by atoms with Crippen LogP contribution in [-0.2, 0) is 9.53 Å². The third-order valence-corrected chi connectivity index (χ3v) is 4.88. The van der Waals surface area contributed by atoms with Gasteiger partial charge in [-0.15, -0.1) is 0 Å². The molecule has 0 atom stereocenters. The largest absolute Gasteiger partial charge is 0.454 e. The molecule has 3 aromatic rings. The number of fused-ring (bicyclic) bond motifs is 1. The molecule has 1 aliphatic rings. The SMILES string of the molecule is CC(=O)c1cc2c(cc1NC(=O)COC(=O)c1ccc(-c3ccccc3)nc1C)OCO2. The summed E-state index contributed by atoms with van der Waals surface area (Å²) in [4.78, 5) is 41.2. The number of ketones is 1. The van der Waals surface area contributed by atoms with Gasteiger partial charge in [0.15, 0.2) is 23.9 Å². The third kappa shape index (κ3) is 4.44. The zero-order valence-corrected chi connectivity index (χ0v) is 17.5. The maximum atomic E-state index is 12.5. The predicted molar refractivity (Wildman–Crippen MR) is 116 cm³/mol. The molecular formula is C24H20N2O6. The number of ether oxygens (including phenoxy) is 3. The molecular weight excluding hydrogens is 412 g/mol. The number of anilines is 1. The number of Topliss-reactive ketones (excluding diaryl/α,β-unsaturated/α-hetero) is 1. The molecule has 0 aliphatic carbocycles. The lowest BCUT2D eigenvalue weighted by Gasteiger charge is -2.11. The molecule has 32 heavy (non-hydrogen) atoms. The van der Waals surface area contributed by atoms with Crippen LogP contribution in [0.25, 0.3) is 11.3 Å². The summed E-state index contributed by atoms with van der Waals surface area (Å²) in [5.41, 5.74) is 2.95. The number of aryl methyl sites for hydroxylation is 1. The normalized spacial score (nSPS) is 11.7. The van der Waals surface area contributed by atoms with Gasteiger partial charge >= 0.3 is 5.97 Å². The summed E-state index contributed by atoms with van der Waals surface area (Å²) in [5.74, 6) is -0.659. The van der Waals surface area contributed by atoms with Gasteiger partial charge in [-0.3, -0.25) is 14.6 Å². The van der Waals surface area contributed by atoms with Crippen molar-refractivity contribution in [2.75, 3.05) is 18.7 Å². The summed E-state index contributed by atoms with van der Waals surface area (Å²) in [5, 5.41) is 2.59. The van der Waals surface area contributed by atoms with Crippen molar-refractivity contribution in [2.24, 2.45) is 0 Å². The Morgan fingerprint density at radius 2 is 1.72 bits per heavy atom. The highest BCUT2D eigenvalue weighted by Gasteiger charge is 2.21. The zero-order chi connectivity index (χ0) is 22.7. The minimum Gasteiger partial charge on any atom is -0.454 e. The van der Waals surface area contributed by atoms with Crippen LogP contribution in [0.15, 0.2) is 54.6 Å². The van der Waals surface area contributed by atoms with Crippen molar-refractivity contribution in [3.63, 3.8) is 0 Å². The Balaban J connectivity index is 1.42. The van der Waals surface area contributed by atoms with Crippen LogP contribution in [0.3, 0.4) is 0 Å². The highest BCUT2D eigenvalue weighted by molar-refractivity contribution is 6.05. The first kappa shape index (κ1) is 21.0. The second kappa shape index (κ2) is 8.89. The minimum absolute atomic E-state index is 0.0398. The fourth-order valence-corrected chi connectivity index (χ4v) is 3.28. The van der Waals surface area contributed by atoms with Crippen molar-refractivity contribution >= 4 is 23.3 Å². The number of nitrogens with one attached hydrogen (secondary N) is 1. The number of carbonyl (C=O) groups excluding carboxylic acids is 3. The number of amides is 1. The number of esters is 1. The number of pyridine rings is 1. The van der Waals surface area contributed by atoms with E-state index in [2.05, 4.69) is 10.3 Å². The molecule has 0 saturated heterocycles. The number of hydrogen-bond acceptors (Lipinski definition) is 7. The number of rotatable bonds is 6. The molecule has 0 spiro atoms. The molecule has 162 valence electrons. The van der Waals surface area contributed by atoms with E-state index >= 15 is 0 Å².